The van der Waals surface area contributed by atoms with Gasteiger partial charge in [0.2, 0.25) is 0 Å². The summed E-state index contributed by atoms with van der Waals surface area (Å²) < 4.78 is 23.5. The van der Waals surface area contributed by atoms with E-state index in [4.69, 9.17) is 0 Å². The molecule has 0 N–H and O–H groups in total. The third-order valence-electron chi connectivity index (χ3n) is 5.33. The molecule has 4 nitrogen and oxygen atoms in total. The Kier molecular flexibility index (Phi) is 4.92. The molecule has 0 radical (unpaired) electrons. The van der Waals surface area contributed by atoms with Gasteiger partial charge in [0.25, 0.3) is 0 Å². The standard InChI is InChI=1S/C24H22N2O2S/c1-16(18-7-5-4-6-8-18)24-17(2)25-26-23-14-11-20(15-22(23)24)19-9-12-21(13-10-19)29(3,27)28/h4-16H,1-3H3. The number of hydrogen-bond donors (Lipinski definition) is 0. The second kappa shape index (κ2) is 7.41. The first-order valence-electron chi connectivity index (χ1n) is 9.47. The zero-order chi connectivity index (χ0) is 20.6. The van der Waals surface area contributed by atoms with Gasteiger partial charge in [-0.1, -0.05) is 55.5 Å². The molecule has 5 heteroatoms. The molecule has 29 heavy (non-hydrogen) atoms. The maximum Gasteiger partial charge on any atom is 0.175 e. The van der Waals surface area contributed by atoms with E-state index in [1.807, 2.05) is 49.4 Å². The van der Waals surface area contributed by atoms with Crippen LogP contribution >= 0.6 is 0 Å². The Labute approximate surface area is 171 Å². The van der Waals surface area contributed by atoms with Crippen molar-refractivity contribution in [2.45, 2.75) is 24.7 Å². The third kappa shape index (κ3) is 3.78. The van der Waals surface area contributed by atoms with E-state index in [0.29, 0.717) is 4.90 Å². The van der Waals surface area contributed by atoms with E-state index in [-0.39, 0.29) is 5.92 Å². The molecule has 0 aliphatic rings. The minimum atomic E-state index is -3.21. The quantitative estimate of drug-likeness (QED) is 0.473. The average molecular weight is 403 g/mol. The largest absolute Gasteiger partial charge is 0.224 e. The van der Waals surface area contributed by atoms with E-state index < -0.39 is 9.84 Å². The van der Waals surface area contributed by atoms with Crippen molar-refractivity contribution in [1.82, 2.24) is 10.2 Å². The average Bonchev–Trinajstić information content (AvgIpc) is 2.73. The first kappa shape index (κ1) is 19.3. The SMILES string of the molecule is Cc1nnc2ccc(-c3ccc(S(C)(=O)=O)cc3)cc2c1C(C)c1ccccc1. The second-order valence-electron chi connectivity index (χ2n) is 7.36. The summed E-state index contributed by atoms with van der Waals surface area (Å²) in [6, 6.07) is 23.5. The second-order valence-corrected chi connectivity index (χ2v) is 9.38. The van der Waals surface area contributed by atoms with Crippen molar-refractivity contribution >= 4 is 20.7 Å². The topological polar surface area (TPSA) is 59.9 Å². The maximum absolute atomic E-state index is 11.7. The molecule has 0 bridgehead atoms. The predicted octanol–water partition coefficient (Wildman–Crippen LogP) is 5.16. The Morgan fingerprint density at radius 2 is 1.48 bits per heavy atom. The molecule has 1 heterocycles. The van der Waals surface area contributed by atoms with Crippen LogP contribution in [0.4, 0.5) is 0 Å². The number of sulfone groups is 1. The number of benzene rings is 3. The van der Waals surface area contributed by atoms with Gasteiger partial charge < -0.3 is 0 Å². The number of fused-ring (bicyclic) bond motifs is 1. The van der Waals surface area contributed by atoms with Crippen molar-refractivity contribution in [3.05, 3.63) is 89.6 Å². The van der Waals surface area contributed by atoms with Crippen LogP contribution < -0.4 is 0 Å². The summed E-state index contributed by atoms with van der Waals surface area (Å²) in [6.07, 6.45) is 1.22. The van der Waals surface area contributed by atoms with Gasteiger partial charge in [0.05, 0.1) is 16.1 Å². The van der Waals surface area contributed by atoms with E-state index in [9.17, 15) is 8.42 Å². The van der Waals surface area contributed by atoms with E-state index in [2.05, 4.69) is 35.3 Å². The van der Waals surface area contributed by atoms with Crippen LogP contribution in [0.25, 0.3) is 22.0 Å². The number of aromatic nitrogens is 2. The fourth-order valence-corrected chi connectivity index (χ4v) is 4.38. The van der Waals surface area contributed by atoms with E-state index in [1.54, 1.807) is 12.1 Å². The molecule has 3 aromatic carbocycles. The van der Waals surface area contributed by atoms with Crippen LogP contribution in [-0.2, 0) is 9.84 Å². The fraction of sp³-hybridized carbons (Fsp3) is 0.167. The molecular weight excluding hydrogens is 380 g/mol. The molecule has 0 spiro atoms. The summed E-state index contributed by atoms with van der Waals surface area (Å²) in [4.78, 5) is 0.321. The highest BCUT2D eigenvalue weighted by molar-refractivity contribution is 7.90. The zero-order valence-corrected chi connectivity index (χ0v) is 17.4. The lowest BCUT2D eigenvalue weighted by molar-refractivity contribution is 0.602. The van der Waals surface area contributed by atoms with Crippen molar-refractivity contribution in [2.75, 3.05) is 6.26 Å². The van der Waals surface area contributed by atoms with Crippen LogP contribution in [0.15, 0.2) is 77.7 Å². The Morgan fingerprint density at radius 1 is 0.828 bits per heavy atom. The lowest BCUT2D eigenvalue weighted by Gasteiger charge is -2.17. The molecule has 4 aromatic rings. The molecule has 0 amide bonds. The summed E-state index contributed by atoms with van der Waals surface area (Å²) in [5.74, 6) is 0.178. The highest BCUT2D eigenvalue weighted by atomic mass is 32.2. The van der Waals surface area contributed by atoms with Crippen molar-refractivity contribution in [1.29, 1.82) is 0 Å². The maximum atomic E-state index is 11.7. The highest BCUT2D eigenvalue weighted by Gasteiger charge is 2.17. The van der Waals surface area contributed by atoms with Crippen molar-refractivity contribution in [3.63, 3.8) is 0 Å². The van der Waals surface area contributed by atoms with Gasteiger partial charge in [-0.25, -0.2) is 8.42 Å². The lowest BCUT2D eigenvalue weighted by atomic mass is 9.88. The molecule has 146 valence electrons. The Bertz CT molecular complexity index is 1280. The van der Waals surface area contributed by atoms with E-state index in [1.165, 1.54) is 11.8 Å². The minimum Gasteiger partial charge on any atom is -0.224 e. The Hall–Kier alpha value is -3.05. The molecule has 4 rings (SSSR count). The van der Waals surface area contributed by atoms with Crippen LogP contribution in [0.3, 0.4) is 0 Å². The molecule has 0 aliphatic carbocycles. The molecule has 0 fully saturated rings. The van der Waals surface area contributed by atoms with Crippen LogP contribution in [-0.4, -0.2) is 24.9 Å². The highest BCUT2D eigenvalue weighted by Crippen LogP contribution is 2.33. The van der Waals surface area contributed by atoms with E-state index in [0.717, 1.165) is 33.3 Å². The Morgan fingerprint density at radius 3 is 2.14 bits per heavy atom. The molecular formula is C24H22N2O2S. The normalized spacial score (nSPS) is 12.8. The van der Waals surface area contributed by atoms with Gasteiger partial charge in [-0.2, -0.15) is 10.2 Å². The number of rotatable bonds is 4. The predicted molar refractivity (Wildman–Crippen MR) is 117 cm³/mol. The van der Waals surface area contributed by atoms with E-state index >= 15 is 0 Å². The Balaban J connectivity index is 1.85. The van der Waals surface area contributed by atoms with Crippen LogP contribution in [0.5, 0.6) is 0 Å². The number of nitrogens with zero attached hydrogens (tertiary/aromatic N) is 2. The minimum absolute atomic E-state index is 0.178. The third-order valence-corrected chi connectivity index (χ3v) is 6.46. The van der Waals surface area contributed by atoms with Crippen molar-refractivity contribution in [2.24, 2.45) is 0 Å². The van der Waals surface area contributed by atoms with Crippen LogP contribution in [0, 0.1) is 6.92 Å². The molecule has 1 aromatic heterocycles. The van der Waals surface area contributed by atoms with Crippen LogP contribution in [0.2, 0.25) is 0 Å². The summed E-state index contributed by atoms with van der Waals surface area (Å²) >= 11 is 0. The van der Waals surface area contributed by atoms with Crippen molar-refractivity contribution < 1.29 is 8.42 Å². The molecule has 0 saturated heterocycles. The number of hydrogen-bond acceptors (Lipinski definition) is 4. The molecule has 0 saturated carbocycles. The summed E-state index contributed by atoms with van der Waals surface area (Å²) in [5.41, 5.74) is 6.14. The summed E-state index contributed by atoms with van der Waals surface area (Å²) in [5, 5.41) is 9.82. The van der Waals surface area contributed by atoms with Gasteiger partial charge in [0.15, 0.2) is 9.84 Å². The molecule has 1 atom stereocenters. The first-order valence-corrected chi connectivity index (χ1v) is 11.4. The van der Waals surface area contributed by atoms with Gasteiger partial charge in [0.1, 0.15) is 0 Å². The number of aryl methyl sites for hydroxylation is 1. The van der Waals surface area contributed by atoms with Gasteiger partial charge in [-0.05, 0) is 53.4 Å². The van der Waals surface area contributed by atoms with Crippen molar-refractivity contribution in [3.8, 4) is 11.1 Å². The lowest BCUT2D eigenvalue weighted by Crippen LogP contribution is -2.04. The zero-order valence-electron chi connectivity index (χ0n) is 16.6. The smallest absolute Gasteiger partial charge is 0.175 e. The summed E-state index contributed by atoms with van der Waals surface area (Å²) in [6.45, 7) is 4.18. The van der Waals surface area contributed by atoms with Crippen LogP contribution in [0.1, 0.15) is 29.7 Å². The molecule has 0 aliphatic heterocycles. The first-order chi connectivity index (χ1) is 13.8. The van der Waals surface area contributed by atoms with Gasteiger partial charge >= 0.3 is 0 Å². The summed E-state index contributed by atoms with van der Waals surface area (Å²) in [7, 11) is -3.21. The fourth-order valence-electron chi connectivity index (χ4n) is 3.75. The van der Waals surface area contributed by atoms with Gasteiger partial charge in [-0.15, -0.1) is 0 Å². The molecule has 1 unspecified atom stereocenters. The van der Waals surface area contributed by atoms with Gasteiger partial charge in [-0.3, -0.25) is 0 Å². The monoisotopic (exact) mass is 402 g/mol. The van der Waals surface area contributed by atoms with Gasteiger partial charge in [0, 0.05) is 17.6 Å².